The molecular weight excluding hydrogens is 244 g/mol. The molecule has 0 spiro atoms. The molecule has 0 unspecified atom stereocenters. The Kier molecular flexibility index (Phi) is 4.28. The average Bonchev–Trinajstić information content (AvgIpc) is 2.82. The first-order valence-corrected chi connectivity index (χ1v) is 6.84. The predicted molar refractivity (Wildman–Crippen MR) is 76.8 cm³/mol. The van der Waals surface area contributed by atoms with Crippen LogP contribution in [-0.2, 0) is 6.42 Å². The smallest absolute Gasteiger partial charge is 0.137 e. The van der Waals surface area contributed by atoms with Gasteiger partial charge in [0.05, 0.1) is 5.00 Å². The number of aryl methyl sites for hydroxylation is 1. The summed E-state index contributed by atoms with van der Waals surface area (Å²) in [7, 11) is 3.98. The first-order chi connectivity index (χ1) is 8.72. The molecule has 2 aromatic heterocycles. The maximum absolute atomic E-state index is 4.59. The van der Waals surface area contributed by atoms with Crippen molar-refractivity contribution >= 4 is 22.2 Å². The van der Waals surface area contributed by atoms with Gasteiger partial charge in [-0.25, -0.2) is 9.97 Å². The van der Waals surface area contributed by atoms with Crippen molar-refractivity contribution in [3.05, 3.63) is 35.1 Å². The molecule has 0 fully saturated rings. The molecule has 0 amide bonds. The summed E-state index contributed by atoms with van der Waals surface area (Å²) in [5.41, 5.74) is 1.28. The molecule has 0 saturated heterocycles. The summed E-state index contributed by atoms with van der Waals surface area (Å²) in [6, 6.07) is 4.07. The van der Waals surface area contributed by atoms with Gasteiger partial charge in [-0.05, 0) is 37.0 Å². The molecule has 0 aliphatic carbocycles. The van der Waals surface area contributed by atoms with Crippen LogP contribution in [0, 0.1) is 6.92 Å². The highest BCUT2D eigenvalue weighted by atomic mass is 32.1. The molecule has 0 bridgehead atoms. The maximum atomic E-state index is 4.59. The summed E-state index contributed by atoms with van der Waals surface area (Å²) in [5.74, 6) is 1.82. The van der Waals surface area contributed by atoms with Crippen LogP contribution in [0.1, 0.15) is 11.4 Å². The van der Waals surface area contributed by atoms with Crippen LogP contribution in [0.25, 0.3) is 0 Å². The van der Waals surface area contributed by atoms with E-state index in [1.165, 1.54) is 10.6 Å². The van der Waals surface area contributed by atoms with Gasteiger partial charge in [0.25, 0.3) is 0 Å². The lowest BCUT2D eigenvalue weighted by Gasteiger charge is -2.17. The Labute approximate surface area is 112 Å². The number of likely N-dealkylation sites (N-methyl/N-ethyl adjacent to an activating group) is 1. The second-order valence-corrected chi connectivity index (χ2v) is 5.05. The van der Waals surface area contributed by atoms with Crippen molar-refractivity contribution in [3.63, 3.8) is 0 Å². The average molecular weight is 262 g/mol. The van der Waals surface area contributed by atoms with Gasteiger partial charge in [-0.3, -0.25) is 0 Å². The molecule has 0 aromatic carbocycles. The standard InChI is InChI=1S/C13H18N4S/c1-10-6-9-18-13(10)17(3)12-5-8-15-11(16-12)4-7-14-2/h5-6,8-9,14H,4,7H2,1-3H3. The minimum atomic E-state index is 0.849. The van der Waals surface area contributed by atoms with Gasteiger partial charge in [0.1, 0.15) is 11.6 Å². The molecule has 18 heavy (non-hydrogen) atoms. The minimum absolute atomic E-state index is 0.849. The Morgan fingerprint density at radius 3 is 2.89 bits per heavy atom. The van der Waals surface area contributed by atoms with E-state index in [-0.39, 0.29) is 0 Å². The van der Waals surface area contributed by atoms with Crippen LogP contribution < -0.4 is 10.2 Å². The third-order valence-corrected chi connectivity index (χ3v) is 3.86. The van der Waals surface area contributed by atoms with E-state index in [1.807, 2.05) is 26.4 Å². The van der Waals surface area contributed by atoms with E-state index in [2.05, 4.69) is 38.6 Å². The number of anilines is 2. The summed E-state index contributed by atoms with van der Waals surface area (Å²) in [5, 5.41) is 6.44. The number of aromatic nitrogens is 2. The molecule has 1 N–H and O–H groups in total. The summed E-state index contributed by atoms with van der Waals surface area (Å²) in [6.07, 6.45) is 2.67. The van der Waals surface area contributed by atoms with Crippen LogP contribution in [0.3, 0.4) is 0 Å². The lowest BCUT2D eigenvalue weighted by atomic mass is 10.3. The Hall–Kier alpha value is -1.46. The largest absolute Gasteiger partial charge is 0.321 e. The number of hydrogen-bond donors (Lipinski definition) is 1. The van der Waals surface area contributed by atoms with E-state index in [1.54, 1.807) is 11.3 Å². The van der Waals surface area contributed by atoms with Gasteiger partial charge in [-0.1, -0.05) is 0 Å². The van der Waals surface area contributed by atoms with E-state index in [4.69, 9.17) is 0 Å². The van der Waals surface area contributed by atoms with E-state index in [0.29, 0.717) is 0 Å². The highest BCUT2D eigenvalue weighted by molar-refractivity contribution is 7.14. The van der Waals surface area contributed by atoms with Crippen molar-refractivity contribution in [2.75, 3.05) is 25.5 Å². The van der Waals surface area contributed by atoms with E-state index in [9.17, 15) is 0 Å². The van der Waals surface area contributed by atoms with Crippen molar-refractivity contribution in [2.24, 2.45) is 0 Å². The zero-order valence-electron chi connectivity index (χ0n) is 11.0. The zero-order valence-corrected chi connectivity index (χ0v) is 11.8. The first-order valence-electron chi connectivity index (χ1n) is 5.96. The normalized spacial score (nSPS) is 10.6. The number of hydrogen-bond acceptors (Lipinski definition) is 5. The Morgan fingerprint density at radius 2 is 2.22 bits per heavy atom. The van der Waals surface area contributed by atoms with Crippen LogP contribution >= 0.6 is 11.3 Å². The topological polar surface area (TPSA) is 41.1 Å². The second-order valence-electron chi connectivity index (χ2n) is 4.15. The van der Waals surface area contributed by atoms with Gasteiger partial charge >= 0.3 is 0 Å². The lowest BCUT2D eigenvalue weighted by molar-refractivity contribution is 0.754. The second kappa shape index (κ2) is 5.93. The van der Waals surface area contributed by atoms with Gasteiger partial charge in [0.2, 0.25) is 0 Å². The molecule has 0 atom stereocenters. The van der Waals surface area contributed by atoms with Crippen LogP contribution in [0.4, 0.5) is 10.8 Å². The Bertz CT molecular complexity index is 509. The van der Waals surface area contributed by atoms with E-state index in [0.717, 1.165) is 24.6 Å². The fourth-order valence-electron chi connectivity index (χ4n) is 1.74. The first kappa shape index (κ1) is 13.0. The van der Waals surface area contributed by atoms with Crippen LogP contribution in [0.15, 0.2) is 23.7 Å². The fourth-order valence-corrected chi connectivity index (χ4v) is 2.65. The summed E-state index contributed by atoms with van der Waals surface area (Å²) < 4.78 is 0. The summed E-state index contributed by atoms with van der Waals surface area (Å²) in [4.78, 5) is 11.0. The molecule has 2 rings (SSSR count). The zero-order chi connectivity index (χ0) is 13.0. The fraction of sp³-hybridized carbons (Fsp3) is 0.385. The van der Waals surface area contributed by atoms with Gasteiger partial charge in [0, 0.05) is 26.2 Å². The molecule has 2 heterocycles. The number of nitrogens with one attached hydrogen (secondary N) is 1. The van der Waals surface area contributed by atoms with Crippen molar-refractivity contribution in [2.45, 2.75) is 13.3 Å². The third kappa shape index (κ3) is 2.86. The molecule has 2 aromatic rings. The number of rotatable bonds is 5. The SMILES string of the molecule is CNCCc1nccc(N(C)c2sccc2C)n1. The molecule has 0 radical (unpaired) electrons. The van der Waals surface area contributed by atoms with Crippen molar-refractivity contribution in [1.82, 2.24) is 15.3 Å². The molecule has 0 aliphatic heterocycles. The predicted octanol–water partition coefficient (Wildman–Crippen LogP) is 2.38. The van der Waals surface area contributed by atoms with E-state index < -0.39 is 0 Å². The number of thiophene rings is 1. The molecule has 0 aliphatic rings. The Morgan fingerprint density at radius 1 is 1.39 bits per heavy atom. The molecule has 5 heteroatoms. The summed E-state index contributed by atoms with van der Waals surface area (Å²) in [6.45, 7) is 3.01. The maximum Gasteiger partial charge on any atom is 0.137 e. The van der Waals surface area contributed by atoms with Crippen molar-refractivity contribution in [3.8, 4) is 0 Å². The minimum Gasteiger partial charge on any atom is -0.321 e. The Balaban J connectivity index is 2.20. The van der Waals surface area contributed by atoms with Crippen molar-refractivity contribution < 1.29 is 0 Å². The monoisotopic (exact) mass is 262 g/mol. The van der Waals surface area contributed by atoms with Gasteiger partial charge < -0.3 is 10.2 Å². The molecule has 96 valence electrons. The highest BCUT2D eigenvalue weighted by Gasteiger charge is 2.10. The molecule has 0 saturated carbocycles. The van der Waals surface area contributed by atoms with E-state index >= 15 is 0 Å². The summed E-state index contributed by atoms with van der Waals surface area (Å²) >= 11 is 1.73. The van der Waals surface area contributed by atoms with Gasteiger partial charge in [-0.2, -0.15) is 0 Å². The van der Waals surface area contributed by atoms with Crippen LogP contribution in [0.2, 0.25) is 0 Å². The lowest BCUT2D eigenvalue weighted by Crippen LogP contribution is -2.15. The quantitative estimate of drug-likeness (QED) is 0.898. The van der Waals surface area contributed by atoms with Crippen LogP contribution in [0.5, 0.6) is 0 Å². The molecular formula is C13H18N4S. The number of nitrogens with zero attached hydrogens (tertiary/aromatic N) is 3. The highest BCUT2D eigenvalue weighted by Crippen LogP contribution is 2.30. The van der Waals surface area contributed by atoms with Gasteiger partial charge in [-0.15, -0.1) is 11.3 Å². The third-order valence-electron chi connectivity index (χ3n) is 2.77. The van der Waals surface area contributed by atoms with Crippen molar-refractivity contribution in [1.29, 1.82) is 0 Å². The molecule has 4 nitrogen and oxygen atoms in total. The van der Waals surface area contributed by atoms with Gasteiger partial charge in [0.15, 0.2) is 0 Å². The van der Waals surface area contributed by atoms with Crippen LogP contribution in [-0.4, -0.2) is 30.6 Å².